The Balaban J connectivity index is 1.62. The van der Waals surface area contributed by atoms with E-state index in [2.05, 4.69) is 9.88 Å². The molecule has 5 nitrogen and oxygen atoms in total. The minimum absolute atomic E-state index is 0.0948. The quantitative estimate of drug-likeness (QED) is 0.680. The van der Waals surface area contributed by atoms with Crippen molar-refractivity contribution in [1.29, 1.82) is 0 Å². The summed E-state index contributed by atoms with van der Waals surface area (Å²) in [6.45, 7) is 2.85. The first-order valence-corrected chi connectivity index (χ1v) is 9.48. The molecule has 0 spiro atoms. The van der Waals surface area contributed by atoms with Crippen LogP contribution in [0.4, 0.5) is 0 Å². The lowest BCUT2D eigenvalue weighted by molar-refractivity contribution is 0.152. The monoisotopic (exact) mass is 346 g/mol. The van der Waals surface area contributed by atoms with Crippen LogP contribution < -0.4 is 5.56 Å². The maximum absolute atomic E-state index is 13.1. The molecular formula is C21H22N4O. The zero-order valence-electron chi connectivity index (χ0n) is 14.8. The summed E-state index contributed by atoms with van der Waals surface area (Å²) in [5.74, 6) is 0.940. The molecule has 1 unspecified atom stereocenters. The van der Waals surface area contributed by atoms with E-state index in [0.29, 0.717) is 11.4 Å². The molecular weight excluding hydrogens is 324 g/mol. The van der Waals surface area contributed by atoms with Gasteiger partial charge in [-0.1, -0.05) is 18.6 Å². The molecule has 0 aliphatic carbocycles. The summed E-state index contributed by atoms with van der Waals surface area (Å²) in [5.41, 5.74) is 2.79. The van der Waals surface area contributed by atoms with Gasteiger partial charge in [0.1, 0.15) is 5.82 Å². The van der Waals surface area contributed by atoms with Gasteiger partial charge >= 0.3 is 0 Å². The van der Waals surface area contributed by atoms with Crippen LogP contribution in [-0.2, 0) is 13.0 Å². The van der Waals surface area contributed by atoms with Crippen LogP contribution in [0.15, 0.2) is 47.4 Å². The van der Waals surface area contributed by atoms with E-state index in [0.717, 1.165) is 48.7 Å². The molecule has 0 bridgehead atoms. The van der Waals surface area contributed by atoms with E-state index in [1.807, 2.05) is 41.0 Å². The van der Waals surface area contributed by atoms with Crippen LogP contribution >= 0.6 is 0 Å². The second-order valence-corrected chi connectivity index (χ2v) is 7.32. The van der Waals surface area contributed by atoms with E-state index in [1.54, 1.807) is 6.20 Å². The summed E-state index contributed by atoms with van der Waals surface area (Å²) in [6.07, 6.45) is 6.42. The van der Waals surface area contributed by atoms with Crippen LogP contribution in [-0.4, -0.2) is 38.6 Å². The number of hydrogen-bond acceptors (Lipinski definition) is 4. The van der Waals surface area contributed by atoms with Crippen molar-refractivity contribution < 1.29 is 0 Å². The van der Waals surface area contributed by atoms with Gasteiger partial charge in [-0.25, -0.2) is 4.98 Å². The first kappa shape index (κ1) is 15.7. The molecule has 132 valence electrons. The Bertz CT molecular complexity index is 1010. The first-order chi connectivity index (χ1) is 12.8. The van der Waals surface area contributed by atoms with Gasteiger partial charge in [-0.15, -0.1) is 0 Å². The number of benzene rings is 1. The van der Waals surface area contributed by atoms with Crippen molar-refractivity contribution in [3.05, 3.63) is 58.8 Å². The van der Waals surface area contributed by atoms with Gasteiger partial charge in [0.2, 0.25) is 0 Å². The largest absolute Gasteiger partial charge is 0.298 e. The van der Waals surface area contributed by atoms with Crippen LogP contribution in [0.5, 0.6) is 0 Å². The predicted octanol–water partition coefficient (Wildman–Crippen LogP) is 2.87. The summed E-state index contributed by atoms with van der Waals surface area (Å²) in [7, 11) is 0. The fourth-order valence-electron chi connectivity index (χ4n) is 4.37. The maximum atomic E-state index is 13.1. The van der Waals surface area contributed by atoms with Crippen molar-refractivity contribution in [2.45, 2.75) is 38.3 Å². The van der Waals surface area contributed by atoms with Crippen LogP contribution in [0, 0.1) is 0 Å². The van der Waals surface area contributed by atoms with Crippen molar-refractivity contribution in [2.24, 2.45) is 0 Å². The molecule has 2 aromatic heterocycles. The molecule has 5 rings (SSSR count). The van der Waals surface area contributed by atoms with Gasteiger partial charge in [-0.3, -0.25) is 19.2 Å². The zero-order chi connectivity index (χ0) is 17.5. The van der Waals surface area contributed by atoms with Gasteiger partial charge in [0.15, 0.2) is 0 Å². The Morgan fingerprint density at radius 2 is 2.00 bits per heavy atom. The second-order valence-electron chi connectivity index (χ2n) is 7.32. The third kappa shape index (κ3) is 2.63. The molecule has 0 amide bonds. The number of fused-ring (bicyclic) bond motifs is 3. The lowest BCUT2D eigenvalue weighted by atomic mass is 9.99. The van der Waals surface area contributed by atoms with Crippen LogP contribution in [0.1, 0.15) is 25.1 Å². The molecule has 1 aromatic carbocycles. The van der Waals surface area contributed by atoms with E-state index in [-0.39, 0.29) is 5.56 Å². The summed E-state index contributed by atoms with van der Waals surface area (Å²) >= 11 is 0. The highest BCUT2D eigenvalue weighted by molar-refractivity contribution is 5.83. The number of rotatable bonds is 1. The Kier molecular flexibility index (Phi) is 3.82. The highest BCUT2D eigenvalue weighted by atomic mass is 16.1. The molecule has 0 radical (unpaired) electrons. The molecule has 1 saturated heterocycles. The normalized spacial score (nSPS) is 20.4. The molecule has 4 heterocycles. The molecule has 1 fully saturated rings. The standard InChI is InChI=1S/C21H22N4O/c26-21-17-8-7-15(18-6-1-3-9-22-18)13-19(17)23-20-14-16-5-2-4-10-24(16)11-12-25(20)21/h1,3,6-9,13,16H,2,4-5,10-12,14H2. The van der Waals surface area contributed by atoms with Crippen LogP contribution in [0.2, 0.25) is 0 Å². The first-order valence-electron chi connectivity index (χ1n) is 9.48. The summed E-state index contributed by atoms with van der Waals surface area (Å²) < 4.78 is 1.90. The average Bonchev–Trinajstić information content (AvgIpc) is 2.88. The van der Waals surface area contributed by atoms with Gasteiger partial charge in [-0.2, -0.15) is 0 Å². The van der Waals surface area contributed by atoms with Crippen molar-refractivity contribution >= 4 is 10.9 Å². The lowest BCUT2D eigenvalue weighted by Crippen LogP contribution is -2.40. The van der Waals surface area contributed by atoms with Gasteiger partial charge < -0.3 is 0 Å². The highest BCUT2D eigenvalue weighted by Gasteiger charge is 2.27. The number of hydrogen-bond donors (Lipinski definition) is 0. The highest BCUT2D eigenvalue weighted by Crippen LogP contribution is 2.24. The molecule has 2 aliphatic heterocycles. The average molecular weight is 346 g/mol. The van der Waals surface area contributed by atoms with Gasteiger partial charge in [-0.05, 0) is 43.7 Å². The number of aromatic nitrogens is 3. The minimum Gasteiger partial charge on any atom is -0.298 e. The molecule has 3 aromatic rings. The van der Waals surface area contributed by atoms with Crippen LogP contribution in [0.25, 0.3) is 22.2 Å². The predicted molar refractivity (Wildman–Crippen MR) is 102 cm³/mol. The van der Waals surface area contributed by atoms with Gasteiger partial charge in [0.25, 0.3) is 5.56 Å². The van der Waals surface area contributed by atoms with E-state index < -0.39 is 0 Å². The third-order valence-electron chi connectivity index (χ3n) is 5.77. The minimum atomic E-state index is 0.0948. The molecule has 26 heavy (non-hydrogen) atoms. The van der Waals surface area contributed by atoms with Gasteiger partial charge in [0.05, 0.1) is 16.6 Å². The molecule has 1 atom stereocenters. The van der Waals surface area contributed by atoms with Crippen LogP contribution in [0.3, 0.4) is 0 Å². The molecule has 0 saturated carbocycles. The summed E-state index contributed by atoms with van der Waals surface area (Å²) in [6, 6.07) is 12.3. The molecule has 0 N–H and O–H groups in total. The zero-order valence-corrected chi connectivity index (χ0v) is 14.8. The number of piperidine rings is 1. The van der Waals surface area contributed by atoms with Crippen molar-refractivity contribution in [2.75, 3.05) is 13.1 Å². The third-order valence-corrected chi connectivity index (χ3v) is 5.77. The topological polar surface area (TPSA) is 51.0 Å². The van der Waals surface area contributed by atoms with Crippen molar-refractivity contribution in [1.82, 2.24) is 19.4 Å². The second kappa shape index (κ2) is 6.32. The SMILES string of the molecule is O=c1c2ccc(-c3ccccn3)cc2nc2n1CCN1CCCCC1C2. The Hall–Kier alpha value is -2.53. The Morgan fingerprint density at radius 1 is 1.04 bits per heavy atom. The molecule has 2 aliphatic rings. The molecule has 5 heteroatoms. The number of nitrogens with zero attached hydrogens (tertiary/aromatic N) is 4. The van der Waals surface area contributed by atoms with E-state index in [1.165, 1.54) is 19.3 Å². The summed E-state index contributed by atoms with van der Waals surface area (Å²) in [4.78, 5) is 25.0. The maximum Gasteiger partial charge on any atom is 0.261 e. The Morgan fingerprint density at radius 3 is 2.88 bits per heavy atom. The van der Waals surface area contributed by atoms with E-state index in [9.17, 15) is 4.79 Å². The van der Waals surface area contributed by atoms with Crippen molar-refractivity contribution in [3.8, 4) is 11.3 Å². The fraction of sp³-hybridized carbons (Fsp3) is 0.381. The fourth-order valence-corrected chi connectivity index (χ4v) is 4.37. The smallest absolute Gasteiger partial charge is 0.261 e. The lowest BCUT2D eigenvalue weighted by Gasteiger charge is -2.33. The Labute approximate surface area is 152 Å². The van der Waals surface area contributed by atoms with Crippen molar-refractivity contribution in [3.63, 3.8) is 0 Å². The summed E-state index contributed by atoms with van der Waals surface area (Å²) in [5, 5.41) is 0.702. The number of pyridine rings is 1. The van der Waals surface area contributed by atoms with E-state index in [4.69, 9.17) is 4.98 Å². The van der Waals surface area contributed by atoms with E-state index >= 15 is 0 Å². The van der Waals surface area contributed by atoms with Gasteiger partial charge in [0, 0.05) is 37.3 Å².